The first kappa shape index (κ1) is 7.24. The van der Waals surface area contributed by atoms with E-state index in [2.05, 4.69) is 0 Å². The highest BCUT2D eigenvalue weighted by Gasteiger charge is 2.96. The summed E-state index contributed by atoms with van der Waals surface area (Å²) in [6.07, 6.45) is 1.17. The second-order valence-electron chi connectivity index (χ2n) is 6.32. The maximum absolute atomic E-state index is 10.0. The molecule has 76 valence electrons. The van der Waals surface area contributed by atoms with Gasteiger partial charge < -0.3 is 9.84 Å². The zero-order chi connectivity index (χ0) is 9.24. The van der Waals surface area contributed by atoms with E-state index in [4.69, 9.17) is 4.74 Å². The minimum atomic E-state index is 0.0498. The van der Waals surface area contributed by atoms with Crippen LogP contribution in [0.3, 0.4) is 0 Å². The molecule has 1 N–H and O–H groups in total. The molecule has 0 spiro atoms. The Bertz CT molecular complexity index is 337. The van der Waals surface area contributed by atoms with Crippen molar-refractivity contribution in [2.45, 2.75) is 12.5 Å². The second-order valence-corrected chi connectivity index (χ2v) is 6.32. The first-order chi connectivity index (χ1) is 6.82. The molecule has 6 rings (SSSR count). The number of rotatable bonds is 2. The number of methoxy groups -OCH3 is 1. The number of ether oxygens (including phenoxy) is 1. The van der Waals surface area contributed by atoms with Crippen molar-refractivity contribution >= 4 is 0 Å². The average molecular weight is 192 g/mol. The summed E-state index contributed by atoms with van der Waals surface area (Å²) in [7, 11) is 1.84. The van der Waals surface area contributed by atoms with Gasteiger partial charge in [0.1, 0.15) is 0 Å². The maximum atomic E-state index is 10.0. The zero-order valence-corrected chi connectivity index (χ0v) is 8.39. The molecule has 6 saturated carbocycles. The fourth-order valence-electron chi connectivity index (χ4n) is 6.60. The van der Waals surface area contributed by atoms with Gasteiger partial charge in [-0.1, -0.05) is 0 Å². The standard InChI is InChI=1S/C12H16O2/c1-14-3-12-9-4-2-5(13)7(11(9)12)8-6(4)10(8)12/h4-11,13H,2-3H2,1H3/t4-,5-,6-,7+,8-,9+,10-,11+,12-/m0/s1. The third-order valence-corrected chi connectivity index (χ3v) is 6.44. The Labute approximate surface area is 83.6 Å². The lowest BCUT2D eigenvalue weighted by molar-refractivity contribution is -0.0127. The molecule has 0 amide bonds. The molecule has 2 heteroatoms. The van der Waals surface area contributed by atoms with Crippen LogP contribution in [-0.2, 0) is 4.74 Å². The van der Waals surface area contributed by atoms with Crippen molar-refractivity contribution < 1.29 is 9.84 Å². The van der Waals surface area contributed by atoms with Gasteiger partial charge in [-0.3, -0.25) is 0 Å². The number of aliphatic hydroxyl groups excluding tert-OH is 1. The summed E-state index contributed by atoms with van der Waals surface area (Å²) in [5, 5.41) is 10.0. The van der Waals surface area contributed by atoms with Crippen LogP contribution >= 0.6 is 0 Å². The highest BCUT2D eigenvalue weighted by atomic mass is 16.5. The van der Waals surface area contributed by atoms with Gasteiger partial charge in [-0.25, -0.2) is 0 Å². The number of hydrogen-bond donors (Lipinski definition) is 1. The molecule has 0 aromatic carbocycles. The molecule has 0 heterocycles. The van der Waals surface area contributed by atoms with E-state index in [-0.39, 0.29) is 6.10 Å². The quantitative estimate of drug-likeness (QED) is 0.699. The Morgan fingerprint density at radius 3 is 2.71 bits per heavy atom. The fraction of sp³-hybridized carbons (Fsp3) is 1.00. The third kappa shape index (κ3) is 0.424. The molecule has 6 fully saturated rings. The largest absolute Gasteiger partial charge is 0.393 e. The van der Waals surface area contributed by atoms with E-state index in [9.17, 15) is 5.11 Å². The van der Waals surface area contributed by atoms with E-state index >= 15 is 0 Å². The van der Waals surface area contributed by atoms with Gasteiger partial charge in [-0.2, -0.15) is 0 Å². The minimum Gasteiger partial charge on any atom is -0.393 e. The fourth-order valence-corrected chi connectivity index (χ4v) is 6.60. The van der Waals surface area contributed by atoms with E-state index in [1.54, 1.807) is 0 Å². The van der Waals surface area contributed by atoms with Crippen LogP contribution < -0.4 is 0 Å². The Morgan fingerprint density at radius 2 is 2.07 bits per heavy atom. The van der Waals surface area contributed by atoms with Crippen molar-refractivity contribution in [1.82, 2.24) is 0 Å². The topological polar surface area (TPSA) is 29.5 Å². The zero-order valence-electron chi connectivity index (χ0n) is 8.39. The van der Waals surface area contributed by atoms with Crippen molar-refractivity contribution in [2.24, 2.45) is 46.8 Å². The van der Waals surface area contributed by atoms with Crippen LogP contribution in [0, 0.1) is 46.8 Å². The number of aliphatic hydroxyl groups is 1. The van der Waals surface area contributed by atoms with Crippen LogP contribution in [0.25, 0.3) is 0 Å². The molecule has 0 unspecified atom stereocenters. The van der Waals surface area contributed by atoms with E-state index in [1.807, 2.05) is 7.11 Å². The molecule has 0 aliphatic heterocycles. The van der Waals surface area contributed by atoms with Crippen molar-refractivity contribution in [3.8, 4) is 0 Å². The van der Waals surface area contributed by atoms with E-state index in [1.165, 1.54) is 0 Å². The van der Waals surface area contributed by atoms with Crippen LogP contribution in [0.15, 0.2) is 0 Å². The highest BCUT2D eigenvalue weighted by Crippen LogP contribution is 2.97. The Morgan fingerprint density at radius 1 is 1.21 bits per heavy atom. The highest BCUT2D eigenvalue weighted by molar-refractivity contribution is 5.42. The van der Waals surface area contributed by atoms with Gasteiger partial charge in [0.05, 0.1) is 12.7 Å². The van der Waals surface area contributed by atoms with Crippen molar-refractivity contribution in [3.05, 3.63) is 0 Å². The van der Waals surface area contributed by atoms with E-state index in [0.29, 0.717) is 11.3 Å². The Balaban J connectivity index is 1.66. The Kier molecular flexibility index (Phi) is 0.875. The van der Waals surface area contributed by atoms with Crippen molar-refractivity contribution in [2.75, 3.05) is 13.7 Å². The maximum Gasteiger partial charge on any atom is 0.0577 e. The summed E-state index contributed by atoms with van der Waals surface area (Å²) in [6, 6.07) is 0. The predicted octanol–water partition coefficient (Wildman–Crippen LogP) is 0.752. The van der Waals surface area contributed by atoms with Crippen LogP contribution in [0.5, 0.6) is 0 Å². The lowest BCUT2D eigenvalue weighted by Gasteiger charge is -2.38. The molecule has 0 radical (unpaired) electrons. The molecule has 6 aliphatic carbocycles. The van der Waals surface area contributed by atoms with Gasteiger partial charge in [0.2, 0.25) is 0 Å². The molecule has 14 heavy (non-hydrogen) atoms. The lowest BCUT2D eigenvalue weighted by atomic mass is 9.69. The first-order valence-corrected chi connectivity index (χ1v) is 5.99. The number of hydrogen-bond acceptors (Lipinski definition) is 2. The van der Waals surface area contributed by atoms with Crippen LogP contribution in [0.2, 0.25) is 0 Å². The lowest BCUT2D eigenvalue weighted by Crippen LogP contribution is -2.39. The van der Waals surface area contributed by atoms with Crippen LogP contribution in [0.4, 0.5) is 0 Å². The van der Waals surface area contributed by atoms with Crippen LogP contribution in [-0.4, -0.2) is 24.9 Å². The summed E-state index contributed by atoms with van der Waals surface area (Å²) in [5.74, 6) is 6.35. The van der Waals surface area contributed by atoms with Crippen molar-refractivity contribution in [1.29, 1.82) is 0 Å². The second kappa shape index (κ2) is 1.69. The molecule has 0 saturated heterocycles. The SMILES string of the molecule is COC[C@]12[C@@H]3[C@@H]4[C@@H]5[C@@H]1[C@H]2[C@@H](C[C@@H]5O)[C@@H]43. The molecule has 2 bridgehead atoms. The summed E-state index contributed by atoms with van der Waals surface area (Å²) < 4.78 is 5.44. The Hall–Kier alpha value is -0.0800. The molecular formula is C12H16O2. The molecule has 2 nitrogen and oxygen atoms in total. The van der Waals surface area contributed by atoms with Gasteiger partial charge in [-0.05, 0) is 47.8 Å². The van der Waals surface area contributed by atoms with Gasteiger partial charge >= 0.3 is 0 Å². The van der Waals surface area contributed by atoms with Gasteiger partial charge in [0, 0.05) is 12.5 Å². The molecule has 0 aromatic rings. The molecular weight excluding hydrogens is 176 g/mol. The third-order valence-electron chi connectivity index (χ3n) is 6.44. The molecule has 0 aromatic heterocycles. The van der Waals surface area contributed by atoms with Crippen LogP contribution in [0.1, 0.15) is 6.42 Å². The average Bonchev–Trinajstić information content (AvgIpc) is 2.98. The minimum absolute atomic E-state index is 0.0498. The smallest absolute Gasteiger partial charge is 0.0577 e. The normalized spacial score (nSPS) is 79.3. The monoisotopic (exact) mass is 192 g/mol. The van der Waals surface area contributed by atoms with Gasteiger partial charge in [-0.15, -0.1) is 0 Å². The van der Waals surface area contributed by atoms with Gasteiger partial charge in [0.15, 0.2) is 0 Å². The molecule has 6 aliphatic rings. The summed E-state index contributed by atoms with van der Waals surface area (Å²) >= 11 is 0. The first-order valence-electron chi connectivity index (χ1n) is 5.99. The van der Waals surface area contributed by atoms with Crippen molar-refractivity contribution in [3.63, 3.8) is 0 Å². The van der Waals surface area contributed by atoms with E-state index < -0.39 is 0 Å². The molecule has 9 atom stereocenters. The predicted molar refractivity (Wildman–Crippen MR) is 49.4 cm³/mol. The summed E-state index contributed by atoms with van der Waals surface area (Å²) in [4.78, 5) is 0. The van der Waals surface area contributed by atoms with Gasteiger partial charge in [0.25, 0.3) is 0 Å². The van der Waals surface area contributed by atoms with E-state index in [0.717, 1.165) is 48.5 Å². The summed E-state index contributed by atoms with van der Waals surface area (Å²) in [6.45, 7) is 0.986. The number of fused-ring (bicyclic) bond motifs is 1. The summed E-state index contributed by atoms with van der Waals surface area (Å²) in [5.41, 5.74) is 0.580.